The summed E-state index contributed by atoms with van der Waals surface area (Å²) in [5.74, 6) is 0.786. The molecule has 0 bridgehead atoms. The van der Waals surface area contributed by atoms with Crippen LogP contribution >= 0.6 is 0 Å². The fourth-order valence-corrected chi connectivity index (χ4v) is 2.31. The van der Waals surface area contributed by atoms with E-state index >= 15 is 0 Å². The summed E-state index contributed by atoms with van der Waals surface area (Å²) in [5, 5.41) is 4.10. The van der Waals surface area contributed by atoms with Gasteiger partial charge < -0.3 is 9.47 Å². The summed E-state index contributed by atoms with van der Waals surface area (Å²) in [6.07, 6.45) is 0.137. The van der Waals surface area contributed by atoms with E-state index in [9.17, 15) is 9.18 Å². The fraction of sp³-hybridized carbons (Fsp3) is 0.222. The molecule has 0 radical (unpaired) electrons. The predicted molar refractivity (Wildman–Crippen MR) is 87.9 cm³/mol. The molecule has 6 heteroatoms. The predicted octanol–water partition coefficient (Wildman–Crippen LogP) is 2.68. The second-order valence-electron chi connectivity index (χ2n) is 5.39. The van der Waals surface area contributed by atoms with Gasteiger partial charge in [-0.3, -0.25) is 4.79 Å². The molecule has 1 N–H and O–H groups in total. The molecule has 1 amide bonds. The number of hydrogen-bond acceptors (Lipinski definition) is 4. The van der Waals surface area contributed by atoms with Crippen LogP contribution in [0.1, 0.15) is 18.1 Å². The van der Waals surface area contributed by atoms with Gasteiger partial charge >= 0.3 is 0 Å². The number of benzene rings is 2. The van der Waals surface area contributed by atoms with Gasteiger partial charge in [-0.1, -0.05) is 12.1 Å². The molecule has 1 aliphatic heterocycles. The number of halogens is 1. The van der Waals surface area contributed by atoms with Gasteiger partial charge in [-0.15, -0.1) is 0 Å². The van der Waals surface area contributed by atoms with Crippen molar-refractivity contribution in [1.29, 1.82) is 0 Å². The van der Waals surface area contributed by atoms with E-state index in [2.05, 4.69) is 10.5 Å². The summed E-state index contributed by atoms with van der Waals surface area (Å²) in [4.78, 5) is 11.9. The van der Waals surface area contributed by atoms with Crippen molar-refractivity contribution >= 4 is 11.6 Å². The molecule has 124 valence electrons. The first-order valence-electron chi connectivity index (χ1n) is 7.59. The first-order valence-corrected chi connectivity index (χ1v) is 7.59. The molecule has 0 saturated carbocycles. The van der Waals surface area contributed by atoms with Crippen LogP contribution in [0.5, 0.6) is 11.5 Å². The minimum atomic E-state index is -0.327. The van der Waals surface area contributed by atoms with Crippen molar-refractivity contribution < 1.29 is 18.7 Å². The molecule has 1 heterocycles. The molecule has 3 rings (SSSR count). The standard InChI is InChI=1S/C18H17FN2O3/c1-12(14-4-7-16-17(11-14)24-9-8-23-16)20-21-18(22)10-13-2-5-15(19)6-3-13/h2-7,11H,8-10H2,1H3,(H,21,22)/b20-12+. The first-order chi connectivity index (χ1) is 11.6. The Labute approximate surface area is 139 Å². The Kier molecular flexibility index (Phi) is 4.74. The summed E-state index contributed by atoms with van der Waals surface area (Å²) in [5.41, 5.74) is 4.72. The van der Waals surface area contributed by atoms with E-state index in [4.69, 9.17) is 9.47 Å². The zero-order valence-corrected chi connectivity index (χ0v) is 13.2. The molecule has 0 aromatic heterocycles. The molecular weight excluding hydrogens is 311 g/mol. The maximum atomic E-state index is 12.8. The number of hydrazone groups is 1. The maximum Gasteiger partial charge on any atom is 0.244 e. The van der Waals surface area contributed by atoms with Gasteiger partial charge in [0.2, 0.25) is 5.91 Å². The molecule has 2 aromatic rings. The highest BCUT2D eigenvalue weighted by molar-refractivity contribution is 5.99. The van der Waals surface area contributed by atoms with Crippen LogP contribution in [0.3, 0.4) is 0 Å². The van der Waals surface area contributed by atoms with Crippen LogP contribution in [-0.2, 0) is 11.2 Å². The fourth-order valence-electron chi connectivity index (χ4n) is 2.31. The van der Waals surface area contributed by atoms with Gasteiger partial charge in [-0.25, -0.2) is 9.82 Å². The van der Waals surface area contributed by atoms with E-state index in [1.807, 2.05) is 18.2 Å². The number of fused-ring (bicyclic) bond motifs is 1. The Hall–Kier alpha value is -2.89. The molecule has 2 aromatic carbocycles. The lowest BCUT2D eigenvalue weighted by atomic mass is 10.1. The number of carbonyl (C=O) groups is 1. The minimum Gasteiger partial charge on any atom is -0.486 e. The molecule has 5 nitrogen and oxygen atoms in total. The van der Waals surface area contributed by atoms with Crippen LogP contribution in [0.25, 0.3) is 0 Å². The number of ether oxygens (including phenoxy) is 2. The van der Waals surface area contributed by atoms with Crippen LogP contribution in [0.2, 0.25) is 0 Å². The Morgan fingerprint density at radius 3 is 2.58 bits per heavy atom. The van der Waals surface area contributed by atoms with Crippen LogP contribution in [0, 0.1) is 5.82 Å². The number of hydrogen-bond donors (Lipinski definition) is 1. The number of carbonyl (C=O) groups excluding carboxylic acids is 1. The van der Waals surface area contributed by atoms with Crippen LogP contribution in [-0.4, -0.2) is 24.8 Å². The van der Waals surface area contributed by atoms with Crippen molar-refractivity contribution in [2.24, 2.45) is 5.10 Å². The SMILES string of the molecule is C/C(=N\NC(=O)Cc1ccc(F)cc1)c1ccc2c(c1)OCCO2. The van der Waals surface area contributed by atoms with Crippen LogP contribution < -0.4 is 14.9 Å². The number of amides is 1. The Balaban J connectivity index is 1.63. The van der Waals surface area contributed by atoms with Gasteiger partial charge in [0, 0.05) is 5.56 Å². The lowest BCUT2D eigenvalue weighted by Crippen LogP contribution is -2.21. The van der Waals surface area contributed by atoms with E-state index in [-0.39, 0.29) is 18.1 Å². The number of nitrogens with zero attached hydrogens (tertiary/aromatic N) is 1. The van der Waals surface area contributed by atoms with Crippen LogP contribution in [0.15, 0.2) is 47.6 Å². The highest BCUT2D eigenvalue weighted by Crippen LogP contribution is 2.30. The van der Waals surface area contributed by atoms with Gasteiger partial charge in [-0.2, -0.15) is 5.10 Å². The lowest BCUT2D eigenvalue weighted by molar-refractivity contribution is -0.120. The third kappa shape index (κ3) is 3.90. The molecule has 0 saturated heterocycles. The second kappa shape index (κ2) is 7.12. The summed E-state index contributed by atoms with van der Waals surface area (Å²) >= 11 is 0. The average Bonchev–Trinajstić information content (AvgIpc) is 2.61. The third-order valence-corrected chi connectivity index (χ3v) is 3.59. The van der Waals surface area contributed by atoms with Crippen molar-refractivity contribution in [3.63, 3.8) is 0 Å². The molecule has 0 atom stereocenters. The van der Waals surface area contributed by atoms with Crippen molar-refractivity contribution in [2.45, 2.75) is 13.3 Å². The summed E-state index contributed by atoms with van der Waals surface area (Å²) < 4.78 is 23.8. The van der Waals surface area contributed by atoms with Gasteiger partial charge in [0.05, 0.1) is 12.1 Å². The second-order valence-corrected chi connectivity index (χ2v) is 5.39. The highest BCUT2D eigenvalue weighted by Gasteiger charge is 2.12. The van der Waals surface area contributed by atoms with E-state index in [0.29, 0.717) is 30.4 Å². The normalized spacial score (nSPS) is 13.5. The zero-order valence-electron chi connectivity index (χ0n) is 13.2. The largest absolute Gasteiger partial charge is 0.486 e. The van der Waals surface area contributed by atoms with Crippen molar-refractivity contribution in [3.05, 3.63) is 59.4 Å². The molecule has 1 aliphatic rings. The summed E-state index contributed by atoms with van der Waals surface area (Å²) in [7, 11) is 0. The third-order valence-electron chi connectivity index (χ3n) is 3.59. The quantitative estimate of drug-likeness (QED) is 0.693. The molecule has 0 spiro atoms. The van der Waals surface area contributed by atoms with Crippen molar-refractivity contribution in [2.75, 3.05) is 13.2 Å². The maximum absolute atomic E-state index is 12.8. The zero-order chi connectivity index (χ0) is 16.9. The Morgan fingerprint density at radius 2 is 1.83 bits per heavy atom. The first kappa shape index (κ1) is 16.0. The summed E-state index contributed by atoms with van der Waals surface area (Å²) in [6.45, 7) is 2.85. The molecule has 24 heavy (non-hydrogen) atoms. The van der Waals surface area contributed by atoms with E-state index in [1.165, 1.54) is 12.1 Å². The highest BCUT2D eigenvalue weighted by atomic mass is 19.1. The molecule has 0 fully saturated rings. The van der Waals surface area contributed by atoms with Crippen LogP contribution in [0.4, 0.5) is 4.39 Å². The smallest absolute Gasteiger partial charge is 0.244 e. The van der Waals surface area contributed by atoms with E-state index in [1.54, 1.807) is 19.1 Å². The van der Waals surface area contributed by atoms with Gasteiger partial charge in [0.15, 0.2) is 11.5 Å². The van der Waals surface area contributed by atoms with E-state index < -0.39 is 0 Å². The van der Waals surface area contributed by atoms with Gasteiger partial charge in [-0.05, 0) is 42.8 Å². The topological polar surface area (TPSA) is 59.9 Å². The molecule has 0 aliphatic carbocycles. The lowest BCUT2D eigenvalue weighted by Gasteiger charge is -2.18. The van der Waals surface area contributed by atoms with E-state index in [0.717, 1.165) is 11.1 Å². The Bertz CT molecular complexity index is 772. The summed E-state index contributed by atoms with van der Waals surface area (Å²) in [6, 6.07) is 11.3. The number of nitrogens with one attached hydrogen (secondary N) is 1. The Morgan fingerprint density at radius 1 is 1.12 bits per heavy atom. The molecule has 0 unspecified atom stereocenters. The monoisotopic (exact) mass is 328 g/mol. The number of rotatable bonds is 4. The minimum absolute atomic E-state index is 0.137. The van der Waals surface area contributed by atoms with Crippen molar-refractivity contribution in [1.82, 2.24) is 5.43 Å². The average molecular weight is 328 g/mol. The molecular formula is C18H17FN2O3. The van der Waals surface area contributed by atoms with Gasteiger partial charge in [0.25, 0.3) is 0 Å². The van der Waals surface area contributed by atoms with Crippen molar-refractivity contribution in [3.8, 4) is 11.5 Å². The van der Waals surface area contributed by atoms with Gasteiger partial charge in [0.1, 0.15) is 19.0 Å².